The first-order valence-corrected chi connectivity index (χ1v) is 7.62. The molecule has 2 aromatic rings. The number of rotatable bonds is 8. The van der Waals surface area contributed by atoms with Crippen molar-refractivity contribution in [2.45, 2.75) is 20.0 Å². The molecule has 0 aliphatic heterocycles. The van der Waals surface area contributed by atoms with E-state index in [2.05, 4.69) is 45.7 Å². The van der Waals surface area contributed by atoms with E-state index in [-0.39, 0.29) is 0 Å². The molecule has 0 amide bonds. The molecule has 2 heterocycles. The summed E-state index contributed by atoms with van der Waals surface area (Å²) in [4.78, 5) is 8.18. The van der Waals surface area contributed by atoms with Crippen molar-refractivity contribution in [1.82, 2.24) is 15.2 Å². The van der Waals surface area contributed by atoms with E-state index in [9.17, 15) is 0 Å². The van der Waals surface area contributed by atoms with Gasteiger partial charge in [-0.05, 0) is 30.1 Å². The zero-order chi connectivity index (χ0) is 13.3. The summed E-state index contributed by atoms with van der Waals surface area (Å²) in [7, 11) is 0. The van der Waals surface area contributed by atoms with E-state index in [4.69, 9.17) is 0 Å². The third kappa shape index (κ3) is 5.11. The van der Waals surface area contributed by atoms with Crippen LogP contribution in [0.1, 0.15) is 17.5 Å². The highest BCUT2D eigenvalue weighted by atomic mass is 32.1. The van der Waals surface area contributed by atoms with Gasteiger partial charge in [0.05, 0.1) is 5.69 Å². The third-order valence-corrected chi connectivity index (χ3v) is 3.92. The van der Waals surface area contributed by atoms with E-state index >= 15 is 0 Å². The van der Waals surface area contributed by atoms with Crippen LogP contribution in [0.5, 0.6) is 0 Å². The fourth-order valence-electron chi connectivity index (χ4n) is 1.93. The van der Waals surface area contributed by atoms with Gasteiger partial charge in [0.25, 0.3) is 0 Å². The molecule has 2 rings (SSSR count). The van der Waals surface area contributed by atoms with E-state index in [0.29, 0.717) is 0 Å². The van der Waals surface area contributed by atoms with Gasteiger partial charge in [0, 0.05) is 37.3 Å². The minimum atomic E-state index is 0.929. The molecule has 102 valence electrons. The topological polar surface area (TPSA) is 28.2 Å². The SMILES string of the molecule is CCN(CCNCc1cccs1)Cc1ccccn1. The number of nitrogens with zero attached hydrogens (tertiary/aromatic N) is 2. The lowest BCUT2D eigenvalue weighted by Crippen LogP contribution is -2.31. The summed E-state index contributed by atoms with van der Waals surface area (Å²) >= 11 is 1.80. The molecule has 1 N–H and O–H groups in total. The highest BCUT2D eigenvalue weighted by molar-refractivity contribution is 7.09. The maximum absolute atomic E-state index is 4.37. The Kier molecular flexibility index (Phi) is 6.01. The average Bonchev–Trinajstić information content (AvgIpc) is 2.96. The number of hydrogen-bond donors (Lipinski definition) is 1. The molecule has 0 saturated heterocycles. The first-order chi connectivity index (χ1) is 9.38. The first kappa shape index (κ1) is 14.2. The van der Waals surface area contributed by atoms with Gasteiger partial charge >= 0.3 is 0 Å². The minimum absolute atomic E-state index is 0.929. The highest BCUT2D eigenvalue weighted by Gasteiger charge is 2.03. The predicted octanol–water partition coefficient (Wildman–Crippen LogP) is 2.75. The van der Waals surface area contributed by atoms with E-state index in [1.54, 1.807) is 11.3 Å². The summed E-state index contributed by atoms with van der Waals surface area (Å²) in [6, 6.07) is 10.4. The van der Waals surface area contributed by atoms with Gasteiger partial charge in [-0.25, -0.2) is 0 Å². The number of thiophene rings is 1. The second-order valence-corrected chi connectivity index (χ2v) is 5.48. The molecule has 19 heavy (non-hydrogen) atoms. The van der Waals surface area contributed by atoms with Crippen LogP contribution >= 0.6 is 11.3 Å². The quantitative estimate of drug-likeness (QED) is 0.751. The second-order valence-electron chi connectivity index (χ2n) is 4.45. The van der Waals surface area contributed by atoms with Gasteiger partial charge in [-0.3, -0.25) is 9.88 Å². The molecular weight excluding hydrogens is 254 g/mol. The molecule has 0 aromatic carbocycles. The molecule has 0 saturated carbocycles. The van der Waals surface area contributed by atoms with E-state index in [1.807, 2.05) is 18.3 Å². The van der Waals surface area contributed by atoms with Gasteiger partial charge in [0.15, 0.2) is 0 Å². The Hall–Kier alpha value is -1.23. The third-order valence-electron chi connectivity index (χ3n) is 3.04. The molecule has 0 bridgehead atoms. The molecule has 0 radical (unpaired) electrons. The fraction of sp³-hybridized carbons (Fsp3) is 0.400. The number of aromatic nitrogens is 1. The van der Waals surface area contributed by atoms with Crippen molar-refractivity contribution in [2.24, 2.45) is 0 Å². The van der Waals surface area contributed by atoms with Crippen LogP contribution in [0.15, 0.2) is 41.9 Å². The number of pyridine rings is 1. The molecule has 0 fully saturated rings. The van der Waals surface area contributed by atoms with Gasteiger partial charge in [0.2, 0.25) is 0 Å². The Balaban J connectivity index is 1.68. The van der Waals surface area contributed by atoms with Gasteiger partial charge in [-0.1, -0.05) is 19.1 Å². The summed E-state index contributed by atoms with van der Waals surface area (Å²) in [5, 5.41) is 5.61. The van der Waals surface area contributed by atoms with Crippen molar-refractivity contribution in [1.29, 1.82) is 0 Å². The average molecular weight is 275 g/mol. The second kappa shape index (κ2) is 8.04. The van der Waals surface area contributed by atoms with Crippen LogP contribution in [0.25, 0.3) is 0 Å². The Morgan fingerprint density at radius 2 is 2.21 bits per heavy atom. The van der Waals surface area contributed by atoms with Crippen LogP contribution in [0.4, 0.5) is 0 Å². The molecule has 0 aliphatic rings. The molecular formula is C15H21N3S. The molecule has 2 aromatic heterocycles. The maximum Gasteiger partial charge on any atom is 0.0543 e. The van der Waals surface area contributed by atoms with E-state index < -0.39 is 0 Å². The Bertz CT molecular complexity index is 442. The minimum Gasteiger partial charge on any atom is -0.311 e. The van der Waals surface area contributed by atoms with Crippen molar-refractivity contribution in [2.75, 3.05) is 19.6 Å². The molecule has 0 atom stereocenters. The highest BCUT2D eigenvalue weighted by Crippen LogP contribution is 2.07. The van der Waals surface area contributed by atoms with E-state index in [0.717, 1.165) is 38.4 Å². The zero-order valence-electron chi connectivity index (χ0n) is 11.4. The summed E-state index contributed by atoms with van der Waals surface area (Å²) in [6.07, 6.45) is 1.86. The molecule has 4 heteroatoms. The number of nitrogens with one attached hydrogen (secondary N) is 1. The summed E-state index contributed by atoms with van der Waals surface area (Å²) in [6.45, 7) is 7.22. The maximum atomic E-state index is 4.37. The van der Waals surface area contributed by atoms with E-state index in [1.165, 1.54) is 4.88 Å². The van der Waals surface area contributed by atoms with Crippen LogP contribution < -0.4 is 5.32 Å². The van der Waals surface area contributed by atoms with Crippen LogP contribution in [0.3, 0.4) is 0 Å². The van der Waals surface area contributed by atoms with Gasteiger partial charge < -0.3 is 5.32 Å². The van der Waals surface area contributed by atoms with Crippen LogP contribution in [0.2, 0.25) is 0 Å². The number of likely N-dealkylation sites (N-methyl/N-ethyl adjacent to an activating group) is 1. The normalized spacial score (nSPS) is 11.1. The predicted molar refractivity (Wildman–Crippen MR) is 81.2 cm³/mol. The van der Waals surface area contributed by atoms with Crippen LogP contribution in [-0.2, 0) is 13.1 Å². The smallest absolute Gasteiger partial charge is 0.0543 e. The van der Waals surface area contributed by atoms with Crippen LogP contribution in [-0.4, -0.2) is 29.5 Å². The lowest BCUT2D eigenvalue weighted by atomic mass is 10.3. The molecule has 0 unspecified atom stereocenters. The Labute approximate surface area is 119 Å². The summed E-state index contributed by atoms with van der Waals surface area (Å²) in [5.41, 5.74) is 1.14. The van der Waals surface area contributed by atoms with Gasteiger partial charge in [0.1, 0.15) is 0 Å². The lowest BCUT2D eigenvalue weighted by Gasteiger charge is -2.20. The zero-order valence-corrected chi connectivity index (χ0v) is 12.2. The first-order valence-electron chi connectivity index (χ1n) is 6.74. The van der Waals surface area contributed by atoms with Crippen molar-refractivity contribution in [3.05, 3.63) is 52.5 Å². The monoisotopic (exact) mass is 275 g/mol. The standard InChI is InChI=1S/C15H21N3S/c1-2-18(13-14-6-3-4-8-17-14)10-9-16-12-15-7-5-11-19-15/h3-8,11,16H,2,9-10,12-13H2,1H3. The Morgan fingerprint density at radius 1 is 1.26 bits per heavy atom. The van der Waals surface area contributed by atoms with Gasteiger partial charge in [-0.2, -0.15) is 0 Å². The van der Waals surface area contributed by atoms with Crippen LogP contribution in [0, 0.1) is 0 Å². The molecule has 0 aliphatic carbocycles. The fourth-order valence-corrected chi connectivity index (χ4v) is 2.61. The summed E-state index contributed by atoms with van der Waals surface area (Å²) in [5.74, 6) is 0. The molecule has 0 spiro atoms. The van der Waals surface area contributed by atoms with Crippen molar-refractivity contribution in [3.63, 3.8) is 0 Å². The summed E-state index contributed by atoms with van der Waals surface area (Å²) < 4.78 is 0. The van der Waals surface area contributed by atoms with Crippen molar-refractivity contribution < 1.29 is 0 Å². The largest absolute Gasteiger partial charge is 0.311 e. The van der Waals surface area contributed by atoms with Crippen molar-refractivity contribution >= 4 is 11.3 Å². The van der Waals surface area contributed by atoms with Gasteiger partial charge in [-0.15, -0.1) is 11.3 Å². The van der Waals surface area contributed by atoms with Crippen molar-refractivity contribution in [3.8, 4) is 0 Å². The Morgan fingerprint density at radius 3 is 2.89 bits per heavy atom. The lowest BCUT2D eigenvalue weighted by molar-refractivity contribution is 0.276. The molecule has 3 nitrogen and oxygen atoms in total. The number of hydrogen-bond acceptors (Lipinski definition) is 4.